The highest BCUT2D eigenvalue weighted by molar-refractivity contribution is 7.14. The van der Waals surface area contributed by atoms with Crippen molar-refractivity contribution in [3.63, 3.8) is 0 Å². The molecule has 1 aliphatic rings. The standard InChI is InChI=1S/C30H32N2O3S2/c1-21-7-8-26(35-14-11-32-9-12-34-13-10-32)20-27(21)30(33)31-22(2)23-17-24(28-5-3-15-36-28)19-25(18-23)29-6-4-16-37-29/h3-8,15-20,22H,9-14H2,1-2H3,(H,31,33)/t22-/m1/s1. The second-order valence-electron chi connectivity index (χ2n) is 9.27. The van der Waals surface area contributed by atoms with Crippen molar-refractivity contribution < 1.29 is 14.3 Å². The van der Waals surface area contributed by atoms with Gasteiger partial charge in [0.15, 0.2) is 0 Å². The van der Waals surface area contributed by atoms with Gasteiger partial charge in [-0.1, -0.05) is 18.2 Å². The first-order valence-electron chi connectivity index (χ1n) is 12.6. The Morgan fingerprint density at radius 3 is 2.30 bits per heavy atom. The van der Waals surface area contributed by atoms with Gasteiger partial charge in [-0.15, -0.1) is 22.7 Å². The number of thiophene rings is 2. The van der Waals surface area contributed by atoms with Crippen LogP contribution in [-0.2, 0) is 4.74 Å². The highest BCUT2D eigenvalue weighted by Crippen LogP contribution is 2.34. The fraction of sp³-hybridized carbons (Fsp3) is 0.300. The minimum absolute atomic E-state index is 0.0946. The number of ether oxygens (including phenoxy) is 2. The van der Waals surface area contributed by atoms with E-state index >= 15 is 0 Å². The topological polar surface area (TPSA) is 50.8 Å². The largest absolute Gasteiger partial charge is 0.492 e. The van der Waals surface area contributed by atoms with Gasteiger partial charge in [0.2, 0.25) is 0 Å². The third-order valence-corrected chi connectivity index (χ3v) is 8.49. The van der Waals surface area contributed by atoms with E-state index < -0.39 is 0 Å². The second-order valence-corrected chi connectivity index (χ2v) is 11.2. The first-order chi connectivity index (χ1) is 18.1. The zero-order valence-electron chi connectivity index (χ0n) is 21.2. The molecule has 0 saturated carbocycles. The molecule has 0 bridgehead atoms. The summed E-state index contributed by atoms with van der Waals surface area (Å²) in [7, 11) is 0. The van der Waals surface area contributed by atoms with E-state index in [2.05, 4.69) is 63.4 Å². The first kappa shape index (κ1) is 25.7. The Balaban J connectivity index is 1.30. The van der Waals surface area contributed by atoms with Crippen LogP contribution in [0.4, 0.5) is 0 Å². The normalized spacial score (nSPS) is 14.9. The van der Waals surface area contributed by atoms with E-state index in [0.29, 0.717) is 12.2 Å². The summed E-state index contributed by atoms with van der Waals surface area (Å²) in [6.07, 6.45) is 0. The predicted octanol–water partition coefficient (Wildman–Crippen LogP) is 6.65. The van der Waals surface area contributed by atoms with Crippen LogP contribution in [0.1, 0.15) is 34.5 Å². The van der Waals surface area contributed by atoms with Crippen LogP contribution >= 0.6 is 22.7 Å². The quantitative estimate of drug-likeness (QED) is 0.262. The van der Waals surface area contributed by atoms with Crippen LogP contribution in [0, 0.1) is 6.92 Å². The fourth-order valence-corrected chi connectivity index (χ4v) is 5.91. The molecule has 192 valence electrons. The molecule has 0 radical (unpaired) electrons. The van der Waals surface area contributed by atoms with Gasteiger partial charge in [-0.3, -0.25) is 9.69 Å². The Morgan fingerprint density at radius 1 is 1.00 bits per heavy atom. The maximum atomic E-state index is 13.4. The third-order valence-electron chi connectivity index (χ3n) is 6.65. The average Bonchev–Trinajstić information content (AvgIpc) is 3.65. The summed E-state index contributed by atoms with van der Waals surface area (Å²) in [6.45, 7) is 8.86. The molecule has 1 amide bonds. The van der Waals surface area contributed by atoms with E-state index in [0.717, 1.165) is 49.7 Å². The fourth-order valence-electron chi connectivity index (χ4n) is 4.48. The monoisotopic (exact) mass is 532 g/mol. The summed E-state index contributed by atoms with van der Waals surface area (Å²) in [5, 5.41) is 7.41. The van der Waals surface area contributed by atoms with Crippen molar-refractivity contribution in [2.45, 2.75) is 19.9 Å². The van der Waals surface area contributed by atoms with Gasteiger partial charge in [0.25, 0.3) is 5.91 Å². The summed E-state index contributed by atoms with van der Waals surface area (Å²) >= 11 is 3.45. The lowest BCUT2D eigenvalue weighted by atomic mass is 9.99. The van der Waals surface area contributed by atoms with Gasteiger partial charge in [0.1, 0.15) is 12.4 Å². The van der Waals surface area contributed by atoms with Crippen molar-refractivity contribution in [3.05, 3.63) is 88.1 Å². The number of nitrogens with one attached hydrogen (secondary N) is 1. The van der Waals surface area contributed by atoms with Crippen molar-refractivity contribution in [2.75, 3.05) is 39.5 Å². The molecule has 0 unspecified atom stereocenters. The van der Waals surface area contributed by atoms with Crippen LogP contribution < -0.4 is 10.1 Å². The SMILES string of the molecule is Cc1ccc(OCCN2CCOCC2)cc1C(=O)N[C@H](C)c1cc(-c2cccs2)cc(-c2cccs2)c1. The number of carbonyl (C=O) groups is 1. The second kappa shape index (κ2) is 12.0. The van der Waals surface area contributed by atoms with Gasteiger partial charge in [-0.25, -0.2) is 0 Å². The molecule has 0 spiro atoms. The number of nitrogens with zero attached hydrogens (tertiary/aromatic N) is 1. The zero-order chi connectivity index (χ0) is 25.6. The lowest BCUT2D eigenvalue weighted by Crippen LogP contribution is -2.38. The molecular weight excluding hydrogens is 500 g/mol. The van der Waals surface area contributed by atoms with Crippen molar-refractivity contribution >= 4 is 28.6 Å². The molecule has 2 aromatic heterocycles. The van der Waals surface area contributed by atoms with Crippen LogP contribution in [0.15, 0.2) is 71.4 Å². The number of morpholine rings is 1. The van der Waals surface area contributed by atoms with E-state index in [1.165, 1.54) is 20.9 Å². The number of rotatable bonds is 9. The Bertz CT molecular complexity index is 1260. The molecular formula is C30H32N2O3S2. The smallest absolute Gasteiger partial charge is 0.252 e. The molecule has 1 fully saturated rings. The molecule has 0 aliphatic carbocycles. The number of hydrogen-bond acceptors (Lipinski definition) is 6. The highest BCUT2D eigenvalue weighted by Gasteiger charge is 2.17. The Hall–Kier alpha value is -2.97. The Kier molecular flexibility index (Phi) is 8.36. The lowest BCUT2D eigenvalue weighted by Gasteiger charge is -2.26. The molecule has 1 atom stereocenters. The molecule has 1 saturated heterocycles. The predicted molar refractivity (Wildman–Crippen MR) is 153 cm³/mol. The van der Waals surface area contributed by atoms with Crippen LogP contribution in [0.5, 0.6) is 5.75 Å². The highest BCUT2D eigenvalue weighted by atomic mass is 32.1. The van der Waals surface area contributed by atoms with Crippen molar-refractivity contribution in [2.24, 2.45) is 0 Å². The van der Waals surface area contributed by atoms with Gasteiger partial charge in [0, 0.05) is 35.0 Å². The number of carbonyl (C=O) groups excluding carboxylic acids is 1. The van der Waals surface area contributed by atoms with E-state index in [4.69, 9.17) is 9.47 Å². The summed E-state index contributed by atoms with van der Waals surface area (Å²) in [5.41, 5.74) is 4.99. The van der Waals surface area contributed by atoms with Crippen LogP contribution in [0.3, 0.4) is 0 Å². The molecule has 5 rings (SSSR count). The number of amides is 1. The molecule has 2 aromatic carbocycles. The maximum Gasteiger partial charge on any atom is 0.252 e. The van der Waals surface area contributed by atoms with E-state index in [9.17, 15) is 4.79 Å². The van der Waals surface area contributed by atoms with Crippen molar-refractivity contribution in [3.8, 4) is 26.6 Å². The van der Waals surface area contributed by atoms with Gasteiger partial charge in [-0.05, 0) is 89.3 Å². The Labute approximate surface area is 226 Å². The van der Waals surface area contributed by atoms with Crippen molar-refractivity contribution in [1.29, 1.82) is 0 Å². The van der Waals surface area contributed by atoms with E-state index in [1.807, 2.05) is 32.0 Å². The molecule has 37 heavy (non-hydrogen) atoms. The zero-order valence-corrected chi connectivity index (χ0v) is 22.9. The lowest BCUT2D eigenvalue weighted by molar-refractivity contribution is 0.0322. The number of aryl methyl sites for hydroxylation is 1. The van der Waals surface area contributed by atoms with Crippen LogP contribution in [-0.4, -0.2) is 50.3 Å². The molecule has 4 aromatic rings. The number of hydrogen-bond donors (Lipinski definition) is 1. The summed E-state index contributed by atoms with van der Waals surface area (Å²) in [6, 6.07) is 20.6. The minimum Gasteiger partial charge on any atom is -0.492 e. The van der Waals surface area contributed by atoms with Crippen LogP contribution in [0.2, 0.25) is 0 Å². The van der Waals surface area contributed by atoms with E-state index in [1.54, 1.807) is 22.7 Å². The van der Waals surface area contributed by atoms with Gasteiger partial charge in [0.05, 0.1) is 19.3 Å². The average molecular weight is 533 g/mol. The number of benzene rings is 2. The summed E-state index contributed by atoms with van der Waals surface area (Å²) < 4.78 is 11.4. The van der Waals surface area contributed by atoms with Gasteiger partial charge < -0.3 is 14.8 Å². The van der Waals surface area contributed by atoms with Gasteiger partial charge >= 0.3 is 0 Å². The molecule has 5 nitrogen and oxygen atoms in total. The molecule has 3 heterocycles. The minimum atomic E-state index is -0.156. The Morgan fingerprint density at radius 2 is 1.68 bits per heavy atom. The first-order valence-corrected chi connectivity index (χ1v) is 14.4. The van der Waals surface area contributed by atoms with E-state index in [-0.39, 0.29) is 11.9 Å². The van der Waals surface area contributed by atoms with Gasteiger partial charge in [-0.2, -0.15) is 0 Å². The molecule has 1 aliphatic heterocycles. The van der Waals surface area contributed by atoms with Crippen molar-refractivity contribution in [1.82, 2.24) is 10.2 Å². The maximum absolute atomic E-state index is 13.4. The third kappa shape index (κ3) is 6.48. The summed E-state index contributed by atoms with van der Waals surface area (Å²) in [5.74, 6) is 0.624. The summed E-state index contributed by atoms with van der Waals surface area (Å²) in [4.78, 5) is 18.1. The van der Waals surface area contributed by atoms with Crippen LogP contribution in [0.25, 0.3) is 20.9 Å². The molecule has 7 heteroatoms. The molecule has 1 N–H and O–H groups in total.